The predicted octanol–water partition coefficient (Wildman–Crippen LogP) is 2.43. The first-order valence-electron chi connectivity index (χ1n) is 9.08. The highest BCUT2D eigenvalue weighted by Crippen LogP contribution is 2.26. The van der Waals surface area contributed by atoms with Crippen LogP contribution < -0.4 is 5.32 Å². The van der Waals surface area contributed by atoms with Crippen molar-refractivity contribution in [1.82, 2.24) is 10.2 Å². The number of hydrogen-bond donors (Lipinski definition) is 2. The van der Waals surface area contributed by atoms with Crippen molar-refractivity contribution in [2.75, 3.05) is 13.1 Å². The quantitative estimate of drug-likeness (QED) is 0.807. The van der Waals surface area contributed by atoms with Crippen LogP contribution in [0.1, 0.15) is 31.2 Å². The molecule has 2 N–H and O–H groups in total. The van der Waals surface area contributed by atoms with E-state index in [1.807, 2.05) is 18.2 Å². The number of carboxylic acid groups (broad SMARTS) is 1. The number of hydrogen-bond acceptors (Lipinski definition) is 3. The van der Waals surface area contributed by atoms with E-state index < -0.39 is 17.8 Å². The van der Waals surface area contributed by atoms with Crippen LogP contribution in [0, 0.1) is 11.8 Å². The van der Waals surface area contributed by atoms with E-state index in [9.17, 15) is 14.7 Å². The molecular weight excluding hydrogens is 316 g/mol. The molecule has 0 spiro atoms. The molecule has 1 aliphatic heterocycles. The lowest BCUT2D eigenvalue weighted by molar-refractivity contribution is -0.147. The van der Waals surface area contributed by atoms with Crippen LogP contribution in [-0.2, 0) is 16.1 Å². The highest BCUT2D eigenvalue weighted by molar-refractivity contribution is 5.85. The number of amides is 1. The molecular formula is C20H26N2O3. The molecule has 5 nitrogen and oxygen atoms in total. The second kappa shape index (κ2) is 8.30. The maximum absolute atomic E-state index is 12.5. The molecule has 134 valence electrons. The van der Waals surface area contributed by atoms with Gasteiger partial charge in [-0.25, -0.2) is 0 Å². The van der Waals surface area contributed by atoms with Gasteiger partial charge in [0.15, 0.2) is 0 Å². The molecule has 0 saturated carbocycles. The van der Waals surface area contributed by atoms with Gasteiger partial charge in [0.25, 0.3) is 0 Å². The van der Waals surface area contributed by atoms with Crippen molar-refractivity contribution >= 4 is 11.9 Å². The maximum Gasteiger partial charge on any atom is 0.307 e. The van der Waals surface area contributed by atoms with E-state index in [4.69, 9.17) is 0 Å². The Balaban J connectivity index is 1.47. The van der Waals surface area contributed by atoms with Gasteiger partial charge in [-0.2, -0.15) is 0 Å². The molecule has 1 aromatic carbocycles. The first-order chi connectivity index (χ1) is 12.1. The summed E-state index contributed by atoms with van der Waals surface area (Å²) in [6, 6.07) is 10.6. The van der Waals surface area contributed by atoms with Gasteiger partial charge in [0.2, 0.25) is 5.91 Å². The van der Waals surface area contributed by atoms with Crippen molar-refractivity contribution in [3.05, 3.63) is 48.0 Å². The summed E-state index contributed by atoms with van der Waals surface area (Å²) in [7, 11) is 0. The van der Waals surface area contributed by atoms with Crippen LogP contribution in [0.15, 0.2) is 42.5 Å². The third-order valence-corrected chi connectivity index (χ3v) is 5.27. The van der Waals surface area contributed by atoms with Gasteiger partial charge in [0, 0.05) is 25.7 Å². The van der Waals surface area contributed by atoms with E-state index in [-0.39, 0.29) is 11.9 Å². The topological polar surface area (TPSA) is 69.6 Å². The molecule has 5 heteroatoms. The lowest BCUT2D eigenvalue weighted by atomic mass is 9.82. The molecule has 25 heavy (non-hydrogen) atoms. The Kier molecular flexibility index (Phi) is 5.87. The summed E-state index contributed by atoms with van der Waals surface area (Å²) in [6.07, 6.45) is 6.59. The fourth-order valence-corrected chi connectivity index (χ4v) is 3.76. The summed E-state index contributed by atoms with van der Waals surface area (Å²) in [5.74, 6) is -2.01. The average Bonchev–Trinajstić information content (AvgIpc) is 2.64. The van der Waals surface area contributed by atoms with Gasteiger partial charge in [0.05, 0.1) is 11.8 Å². The Hall–Kier alpha value is -2.14. The van der Waals surface area contributed by atoms with Gasteiger partial charge in [-0.1, -0.05) is 42.5 Å². The van der Waals surface area contributed by atoms with Crippen LogP contribution >= 0.6 is 0 Å². The fourth-order valence-electron chi connectivity index (χ4n) is 3.76. The van der Waals surface area contributed by atoms with Crippen LogP contribution in [0.2, 0.25) is 0 Å². The summed E-state index contributed by atoms with van der Waals surface area (Å²) >= 11 is 0. The Bertz CT molecular complexity index is 621. The van der Waals surface area contributed by atoms with E-state index in [0.717, 1.165) is 32.5 Å². The van der Waals surface area contributed by atoms with Crippen LogP contribution in [-0.4, -0.2) is 41.0 Å². The molecule has 0 radical (unpaired) electrons. The summed E-state index contributed by atoms with van der Waals surface area (Å²) < 4.78 is 0. The van der Waals surface area contributed by atoms with Crippen molar-refractivity contribution in [3.63, 3.8) is 0 Å². The summed E-state index contributed by atoms with van der Waals surface area (Å²) in [4.78, 5) is 26.3. The van der Waals surface area contributed by atoms with Crippen molar-refractivity contribution < 1.29 is 14.7 Å². The average molecular weight is 342 g/mol. The standard InChI is InChI=1S/C20H26N2O3/c23-19(17-8-4-5-9-18(17)20(24)25)21-16-10-12-22(13-11-16)14-15-6-2-1-3-7-15/h1-7,16-18H,8-14H2,(H,21,23)(H,24,25)/t17-,18+/m0/s1. The molecule has 1 aromatic rings. The lowest BCUT2D eigenvalue weighted by Gasteiger charge is -2.34. The second-order valence-electron chi connectivity index (χ2n) is 7.04. The number of benzene rings is 1. The van der Waals surface area contributed by atoms with Crippen molar-refractivity contribution in [2.45, 2.75) is 38.3 Å². The van der Waals surface area contributed by atoms with E-state index in [1.54, 1.807) is 0 Å². The van der Waals surface area contributed by atoms with E-state index in [1.165, 1.54) is 5.56 Å². The molecule has 1 saturated heterocycles. The molecule has 1 aliphatic carbocycles. The third-order valence-electron chi connectivity index (χ3n) is 5.27. The first-order valence-corrected chi connectivity index (χ1v) is 9.08. The first kappa shape index (κ1) is 17.7. The normalized spacial score (nSPS) is 24.8. The number of carbonyl (C=O) groups excluding carboxylic acids is 1. The third kappa shape index (κ3) is 4.69. The SMILES string of the molecule is O=C(NC1CCN(Cc2ccccc2)CC1)[C@H]1CC=CC[C@H]1C(=O)O. The Labute approximate surface area is 148 Å². The number of piperidine rings is 1. The van der Waals surface area contributed by atoms with E-state index in [2.05, 4.69) is 34.5 Å². The molecule has 1 heterocycles. The summed E-state index contributed by atoms with van der Waals surface area (Å²) in [5.41, 5.74) is 1.31. The van der Waals surface area contributed by atoms with Gasteiger partial charge in [-0.15, -0.1) is 0 Å². The predicted molar refractivity (Wildman–Crippen MR) is 95.9 cm³/mol. The van der Waals surface area contributed by atoms with Crippen LogP contribution in [0.25, 0.3) is 0 Å². The van der Waals surface area contributed by atoms with Crippen molar-refractivity contribution in [1.29, 1.82) is 0 Å². The number of allylic oxidation sites excluding steroid dienone is 2. The van der Waals surface area contributed by atoms with Crippen molar-refractivity contribution in [2.24, 2.45) is 11.8 Å². The van der Waals surface area contributed by atoms with Gasteiger partial charge in [-0.3, -0.25) is 14.5 Å². The van der Waals surface area contributed by atoms with Gasteiger partial charge < -0.3 is 10.4 Å². The maximum atomic E-state index is 12.5. The highest BCUT2D eigenvalue weighted by atomic mass is 16.4. The summed E-state index contributed by atoms with van der Waals surface area (Å²) in [6.45, 7) is 2.84. The Morgan fingerprint density at radius 2 is 1.68 bits per heavy atom. The van der Waals surface area contributed by atoms with Crippen LogP contribution in [0.4, 0.5) is 0 Å². The smallest absolute Gasteiger partial charge is 0.307 e. The molecule has 1 fully saturated rings. The molecule has 0 aromatic heterocycles. The lowest BCUT2D eigenvalue weighted by Crippen LogP contribution is -2.48. The number of carbonyl (C=O) groups is 2. The van der Waals surface area contributed by atoms with Crippen molar-refractivity contribution in [3.8, 4) is 0 Å². The molecule has 3 rings (SSSR count). The summed E-state index contributed by atoms with van der Waals surface area (Å²) in [5, 5.41) is 12.4. The Morgan fingerprint density at radius 3 is 2.32 bits per heavy atom. The number of aliphatic carboxylic acids is 1. The molecule has 1 amide bonds. The van der Waals surface area contributed by atoms with E-state index >= 15 is 0 Å². The minimum atomic E-state index is -0.873. The fraction of sp³-hybridized carbons (Fsp3) is 0.500. The number of nitrogens with one attached hydrogen (secondary N) is 1. The van der Waals surface area contributed by atoms with Gasteiger partial charge >= 0.3 is 5.97 Å². The molecule has 0 bridgehead atoms. The molecule has 2 aliphatic rings. The largest absolute Gasteiger partial charge is 0.481 e. The molecule has 0 unspecified atom stereocenters. The zero-order valence-corrected chi connectivity index (χ0v) is 14.4. The zero-order chi connectivity index (χ0) is 17.6. The minimum Gasteiger partial charge on any atom is -0.481 e. The number of nitrogens with zero attached hydrogens (tertiary/aromatic N) is 1. The molecule has 2 atom stereocenters. The van der Waals surface area contributed by atoms with Crippen LogP contribution in [0.3, 0.4) is 0 Å². The number of likely N-dealkylation sites (tertiary alicyclic amines) is 1. The van der Waals surface area contributed by atoms with E-state index in [0.29, 0.717) is 12.8 Å². The number of rotatable bonds is 5. The van der Waals surface area contributed by atoms with Crippen LogP contribution in [0.5, 0.6) is 0 Å². The number of carboxylic acids is 1. The monoisotopic (exact) mass is 342 g/mol. The van der Waals surface area contributed by atoms with Gasteiger partial charge in [0.1, 0.15) is 0 Å². The van der Waals surface area contributed by atoms with Gasteiger partial charge in [-0.05, 0) is 31.2 Å². The Morgan fingerprint density at radius 1 is 1.04 bits per heavy atom. The highest BCUT2D eigenvalue weighted by Gasteiger charge is 2.35. The second-order valence-corrected chi connectivity index (χ2v) is 7.04. The zero-order valence-electron chi connectivity index (χ0n) is 14.4. The minimum absolute atomic E-state index is 0.0988.